The van der Waals surface area contributed by atoms with Crippen molar-refractivity contribution in [1.29, 1.82) is 0 Å². The molecule has 0 atom stereocenters. The third kappa shape index (κ3) is 4.85. The Kier molecular flexibility index (Phi) is 5.48. The fraction of sp³-hybridized carbons (Fsp3) is 0.400. The molecule has 0 saturated carbocycles. The maximum Gasteiger partial charge on any atom is 0.325 e. The summed E-state index contributed by atoms with van der Waals surface area (Å²) >= 11 is 0. The lowest BCUT2D eigenvalue weighted by molar-refractivity contribution is -0.132. The largest absolute Gasteiger partial charge is 0.427 e. The smallest absolute Gasteiger partial charge is 0.325 e. The molecule has 22 heavy (non-hydrogen) atoms. The molecule has 0 radical (unpaired) electrons. The second-order valence-electron chi connectivity index (χ2n) is 5.09. The maximum atomic E-state index is 11.9. The van der Waals surface area contributed by atoms with E-state index in [1.807, 2.05) is 0 Å². The van der Waals surface area contributed by atoms with Gasteiger partial charge in [0.05, 0.1) is 0 Å². The van der Waals surface area contributed by atoms with Gasteiger partial charge >= 0.3 is 12.0 Å². The van der Waals surface area contributed by atoms with Crippen LogP contribution >= 0.6 is 0 Å². The van der Waals surface area contributed by atoms with Crippen LogP contribution in [-0.4, -0.2) is 31.0 Å². The van der Waals surface area contributed by atoms with E-state index in [-0.39, 0.29) is 11.8 Å². The summed E-state index contributed by atoms with van der Waals surface area (Å²) in [7, 11) is 0. The lowest BCUT2D eigenvalue weighted by atomic mass is 9.97. The van der Waals surface area contributed by atoms with Crippen molar-refractivity contribution >= 4 is 23.6 Å². The van der Waals surface area contributed by atoms with E-state index in [2.05, 4.69) is 16.0 Å². The monoisotopic (exact) mass is 305 g/mol. The molecule has 1 fully saturated rings. The Morgan fingerprint density at radius 1 is 1.23 bits per heavy atom. The third-order valence-electron chi connectivity index (χ3n) is 3.30. The summed E-state index contributed by atoms with van der Waals surface area (Å²) in [6, 6.07) is 5.80. The van der Waals surface area contributed by atoms with Crippen molar-refractivity contribution in [2.75, 3.05) is 18.4 Å². The molecule has 0 aromatic heterocycles. The van der Waals surface area contributed by atoms with Crippen LogP contribution in [0.15, 0.2) is 24.3 Å². The molecular formula is C15H19N3O4. The number of urea groups is 1. The number of carbonyl (C=O) groups excluding carboxylic acids is 3. The Labute approximate surface area is 128 Å². The maximum absolute atomic E-state index is 11.9. The number of carbonyl (C=O) groups is 3. The Bertz CT molecular complexity index is 568. The van der Waals surface area contributed by atoms with Crippen molar-refractivity contribution in [3.8, 4) is 5.75 Å². The van der Waals surface area contributed by atoms with Gasteiger partial charge in [0.15, 0.2) is 0 Å². The third-order valence-corrected chi connectivity index (χ3v) is 3.30. The van der Waals surface area contributed by atoms with E-state index in [9.17, 15) is 14.4 Å². The van der Waals surface area contributed by atoms with Gasteiger partial charge in [-0.15, -0.1) is 0 Å². The molecule has 1 aromatic carbocycles. The number of hydrogen-bond acceptors (Lipinski definition) is 5. The number of nitrogens with one attached hydrogen (secondary N) is 3. The topological polar surface area (TPSA) is 96.5 Å². The van der Waals surface area contributed by atoms with Gasteiger partial charge < -0.3 is 15.4 Å². The first kappa shape index (κ1) is 16.0. The molecular weight excluding hydrogens is 286 g/mol. The Morgan fingerprint density at radius 2 is 1.95 bits per heavy atom. The van der Waals surface area contributed by atoms with Crippen LogP contribution in [0.3, 0.4) is 0 Å². The Balaban J connectivity index is 1.88. The molecule has 3 N–H and O–H groups in total. The predicted octanol–water partition coefficient (Wildman–Crippen LogP) is 1.26. The molecule has 1 aliphatic heterocycles. The van der Waals surface area contributed by atoms with Gasteiger partial charge in [0, 0.05) is 24.6 Å². The van der Waals surface area contributed by atoms with Crippen molar-refractivity contribution in [3.63, 3.8) is 0 Å². The van der Waals surface area contributed by atoms with Crippen LogP contribution < -0.4 is 20.7 Å². The van der Waals surface area contributed by atoms with Crippen molar-refractivity contribution in [1.82, 2.24) is 10.6 Å². The van der Waals surface area contributed by atoms with Crippen molar-refractivity contribution in [3.05, 3.63) is 24.3 Å². The summed E-state index contributed by atoms with van der Waals surface area (Å²) in [4.78, 5) is 34.7. The van der Waals surface area contributed by atoms with Gasteiger partial charge in [-0.3, -0.25) is 14.9 Å². The number of piperidine rings is 1. The van der Waals surface area contributed by atoms with Crippen LogP contribution in [0, 0.1) is 5.92 Å². The molecule has 0 spiro atoms. The number of benzene rings is 1. The summed E-state index contributed by atoms with van der Waals surface area (Å²) in [5.41, 5.74) is 0.439. The summed E-state index contributed by atoms with van der Waals surface area (Å²) in [6.07, 6.45) is 1.45. The van der Waals surface area contributed by atoms with Gasteiger partial charge in [0.25, 0.3) is 0 Å². The first-order valence-corrected chi connectivity index (χ1v) is 7.15. The lowest BCUT2D eigenvalue weighted by Crippen LogP contribution is -2.42. The van der Waals surface area contributed by atoms with Crippen molar-refractivity contribution < 1.29 is 19.1 Å². The molecule has 2 rings (SSSR count). The summed E-state index contributed by atoms with van der Waals surface area (Å²) in [5, 5.41) is 8.04. The molecule has 1 saturated heterocycles. The van der Waals surface area contributed by atoms with E-state index < -0.39 is 12.0 Å². The average Bonchev–Trinajstić information content (AvgIpc) is 2.47. The zero-order valence-corrected chi connectivity index (χ0v) is 12.3. The van der Waals surface area contributed by atoms with E-state index in [4.69, 9.17) is 4.74 Å². The number of hydrogen-bond donors (Lipinski definition) is 3. The highest BCUT2D eigenvalue weighted by Crippen LogP contribution is 2.17. The number of esters is 1. The highest BCUT2D eigenvalue weighted by molar-refractivity contribution is 6.02. The number of anilines is 1. The Hall–Kier alpha value is -2.41. The predicted molar refractivity (Wildman–Crippen MR) is 80.5 cm³/mol. The summed E-state index contributed by atoms with van der Waals surface area (Å²) in [5.74, 6) is -0.521. The van der Waals surface area contributed by atoms with E-state index in [0.717, 1.165) is 25.9 Å². The normalized spacial score (nSPS) is 15.0. The molecule has 1 heterocycles. The minimum absolute atomic E-state index is 0.139. The molecule has 118 valence electrons. The number of imide groups is 1. The van der Waals surface area contributed by atoms with Crippen LogP contribution in [0.25, 0.3) is 0 Å². The minimum Gasteiger partial charge on any atom is -0.427 e. The molecule has 7 heteroatoms. The van der Waals surface area contributed by atoms with Crippen molar-refractivity contribution in [2.24, 2.45) is 5.92 Å². The zero-order valence-electron chi connectivity index (χ0n) is 12.3. The number of rotatable bonds is 3. The van der Waals surface area contributed by atoms with E-state index >= 15 is 0 Å². The van der Waals surface area contributed by atoms with Crippen LogP contribution in [0.5, 0.6) is 5.75 Å². The van der Waals surface area contributed by atoms with Gasteiger partial charge in [-0.2, -0.15) is 0 Å². The van der Waals surface area contributed by atoms with Crippen LogP contribution in [0.4, 0.5) is 10.5 Å². The van der Waals surface area contributed by atoms with E-state index in [0.29, 0.717) is 11.4 Å². The molecule has 1 aromatic rings. The first-order chi connectivity index (χ1) is 10.5. The van der Waals surface area contributed by atoms with Gasteiger partial charge in [-0.25, -0.2) is 4.79 Å². The molecule has 1 aliphatic rings. The zero-order chi connectivity index (χ0) is 15.9. The Morgan fingerprint density at radius 3 is 2.64 bits per heavy atom. The van der Waals surface area contributed by atoms with Crippen LogP contribution in [0.1, 0.15) is 19.8 Å². The lowest BCUT2D eigenvalue weighted by Gasteiger charge is -2.21. The summed E-state index contributed by atoms with van der Waals surface area (Å²) in [6.45, 7) is 2.86. The molecule has 0 aliphatic carbocycles. The van der Waals surface area contributed by atoms with Gasteiger partial charge in [-0.1, -0.05) is 6.07 Å². The quantitative estimate of drug-likeness (QED) is 0.577. The number of amides is 3. The molecule has 0 bridgehead atoms. The first-order valence-electron chi connectivity index (χ1n) is 7.15. The standard InChI is InChI=1S/C15H19N3O4/c1-10(19)22-13-4-2-3-12(9-13)17-15(21)18-14(20)11-5-7-16-8-6-11/h2-4,9,11,16H,5-8H2,1H3,(H2,17,18,20,21). The van der Waals surface area contributed by atoms with E-state index in [1.54, 1.807) is 18.2 Å². The second-order valence-corrected chi connectivity index (χ2v) is 5.09. The highest BCUT2D eigenvalue weighted by Gasteiger charge is 2.22. The SMILES string of the molecule is CC(=O)Oc1cccc(NC(=O)NC(=O)C2CCNCC2)c1. The van der Waals surface area contributed by atoms with Gasteiger partial charge in [-0.05, 0) is 38.1 Å². The minimum atomic E-state index is -0.594. The van der Waals surface area contributed by atoms with Gasteiger partial charge in [0.1, 0.15) is 5.75 Å². The van der Waals surface area contributed by atoms with Crippen molar-refractivity contribution in [2.45, 2.75) is 19.8 Å². The fourth-order valence-corrected chi connectivity index (χ4v) is 2.26. The molecule has 3 amide bonds. The molecule has 0 unspecified atom stereocenters. The van der Waals surface area contributed by atoms with Crippen LogP contribution in [-0.2, 0) is 9.59 Å². The van der Waals surface area contributed by atoms with E-state index in [1.165, 1.54) is 13.0 Å². The number of ether oxygens (including phenoxy) is 1. The molecule has 7 nitrogen and oxygen atoms in total. The average molecular weight is 305 g/mol. The van der Waals surface area contributed by atoms with Gasteiger partial charge in [0.2, 0.25) is 5.91 Å². The fourth-order valence-electron chi connectivity index (χ4n) is 2.26. The summed E-state index contributed by atoms with van der Waals surface area (Å²) < 4.78 is 4.93. The highest BCUT2D eigenvalue weighted by atomic mass is 16.5. The second kappa shape index (κ2) is 7.56. The van der Waals surface area contributed by atoms with Crippen LogP contribution in [0.2, 0.25) is 0 Å².